The lowest BCUT2D eigenvalue weighted by atomic mass is 9.95. The number of hydrogen-bond donors (Lipinski definition) is 1. The lowest BCUT2D eigenvalue weighted by molar-refractivity contribution is -0.384. The number of carbonyl (C=O) groups is 1. The second-order valence-corrected chi connectivity index (χ2v) is 5.20. The van der Waals surface area contributed by atoms with Crippen LogP contribution in [0.5, 0.6) is 0 Å². The van der Waals surface area contributed by atoms with Crippen LogP contribution in [0.25, 0.3) is 0 Å². The molecule has 0 amide bonds. The van der Waals surface area contributed by atoms with E-state index in [1.807, 2.05) is 4.90 Å². The van der Waals surface area contributed by atoms with Gasteiger partial charge >= 0.3 is 5.97 Å². The van der Waals surface area contributed by atoms with E-state index in [2.05, 4.69) is 0 Å². The van der Waals surface area contributed by atoms with Gasteiger partial charge < -0.3 is 10.0 Å². The number of carboxylic acid groups (broad SMARTS) is 1. The number of carboxylic acids is 1. The number of non-ortho nitro benzene ring substituents is 1. The van der Waals surface area contributed by atoms with Crippen LogP contribution in [0.4, 0.5) is 11.4 Å². The average molecular weight is 305 g/mol. The highest BCUT2D eigenvalue weighted by Crippen LogP contribution is 2.40. The molecule has 1 fully saturated rings. The monoisotopic (exact) mass is 304 g/mol. The van der Waals surface area contributed by atoms with Crippen molar-refractivity contribution in [1.82, 2.24) is 0 Å². The van der Waals surface area contributed by atoms with Gasteiger partial charge in [-0.1, -0.05) is 23.2 Å². The smallest absolute Gasteiger partial charge is 0.303 e. The van der Waals surface area contributed by atoms with Crippen molar-refractivity contribution >= 4 is 40.5 Å². The van der Waals surface area contributed by atoms with E-state index in [1.54, 1.807) is 0 Å². The molecule has 0 aliphatic carbocycles. The Hall–Kier alpha value is -1.53. The molecule has 1 aromatic carbocycles. The van der Waals surface area contributed by atoms with Gasteiger partial charge in [-0.15, -0.1) is 0 Å². The molecule has 0 saturated carbocycles. The molecule has 0 radical (unpaired) electrons. The molecule has 6 nitrogen and oxygen atoms in total. The number of aliphatic carboxylic acids is 1. The quantitative estimate of drug-likeness (QED) is 0.683. The number of anilines is 1. The van der Waals surface area contributed by atoms with Crippen molar-refractivity contribution in [2.24, 2.45) is 5.92 Å². The predicted octanol–water partition coefficient (Wildman–Crippen LogP) is 2.81. The highest BCUT2D eigenvalue weighted by Gasteiger charge is 2.32. The van der Waals surface area contributed by atoms with Crippen molar-refractivity contribution in [3.8, 4) is 0 Å². The Morgan fingerprint density at radius 2 is 1.95 bits per heavy atom. The SMILES string of the molecule is O=C(O)CC1CN(c2c(Cl)cc([N+](=O)[O-])cc2Cl)C1. The Labute approximate surface area is 118 Å². The van der Waals surface area contributed by atoms with Gasteiger partial charge in [-0.2, -0.15) is 0 Å². The first kappa shape index (κ1) is 13.9. The van der Waals surface area contributed by atoms with Gasteiger partial charge in [0, 0.05) is 31.1 Å². The predicted molar refractivity (Wildman–Crippen MR) is 71.1 cm³/mol. The van der Waals surface area contributed by atoms with Crippen molar-refractivity contribution in [1.29, 1.82) is 0 Å². The van der Waals surface area contributed by atoms with Crippen molar-refractivity contribution in [3.63, 3.8) is 0 Å². The van der Waals surface area contributed by atoms with Gasteiger partial charge in [0.15, 0.2) is 0 Å². The van der Waals surface area contributed by atoms with Crippen LogP contribution in [0.15, 0.2) is 12.1 Å². The maximum absolute atomic E-state index is 10.7. The minimum atomic E-state index is -0.842. The lowest BCUT2D eigenvalue weighted by Gasteiger charge is -2.41. The summed E-state index contributed by atoms with van der Waals surface area (Å²) in [6.45, 7) is 1.06. The first-order valence-corrected chi connectivity index (χ1v) is 6.24. The second kappa shape index (κ2) is 5.22. The molecule has 1 aromatic rings. The topological polar surface area (TPSA) is 83.7 Å². The summed E-state index contributed by atoms with van der Waals surface area (Å²) in [6, 6.07) is 2.49. The van der Waals surface area contributed by atoms with E-state index < -0.39 is 10.9 Å². The highest BCUT2D eigenvalue weighted by atomic mass is 35.5. The van der Waals surface area contributed by atoms with Gasteiger partial charge in [-0.25, -0.2) is 0 Å². The molecule has 102 valence electrons. The van der Waals surface area contributed by atoms with E-state index >= 15 is 0 Å². The molecule has 1 saturated heterocycles. The van der Waals surface area contributed by atoms with Gasteiger partial charge in [-0.3, -0.25) is 14.9 Å². The van der Waals surface area contributed by atoms with Crippen LogP contribution in [-0.2, 0) is 4.79 Å². The summed E-state index contributed by atoms with van der Waals surface area (Å²) in [5.41, 5.74) is 0.358. The zero-order valence-corrected chi connectivity index (χ0v) is 11.2. The molecular formula is C11H10Cl2N2O4. The minimum Gasteiger partial charge on any atom is -0.481 e. The molecule has 0 spiro atoms. The van der Waals surface area contributed by atoms with Crippen LogP contribution in [0, 0.1) is 16.0 Å². The molecular weight excluding hydrogens is 295 g/mol. The Bertz CT molecular complexity index is 520. The second-order valence-electron chi connectivity index (χ2n) is 4.38. The number of halogens is 2. The first-order valence-electron chi connectivity index (χ1n) is 5.48. The Morgan fingerprint density at radius 3 is 2.37 bits per heavy atom. The van der Waals surface area contributed by atoms with Gasteiger partial charge in [0.2, 0.25) is 0 Å². The Kier molecular flexibility index (Phi) is 3.82. The summed E-state index contributed by atoms with van der Waals surface area (Å²) >= 11 is 12.0. The Morgan fingerprint density at radius 1 is 1.42 bits per heavy atom. The first-order chi connectivity index (χ1) is 8.88. The van der Waals surface area contributed by atoms with E-state index in [1.165, 1.54) is 12.1 Å². The molecule has 0 bridgehead atoms. The third-order valence-corrected chi connectivity index (χ3v) is 3.53. The third kappa shape index (κ3) is 2.90. The van der Waals surface area contributed by atoms with E-state index in [-0.39, 0.29) is 28.1 Å². The van der Waals surface area contributed by atoms with E-state index in [4.69, 9.17) is 28.3 Å². The third-order valence-electron chi connectivity index (χ3n) is 2.95. The highest BCUT2D eigenvalue weighted by molar-refractivity contribution is 6.39. The molecule has 2 rings (SSSR count). The van der Waals surface area contributed by atoms with Crippen LogP contribution >= 0.6 is 23.2 Å². The molecule has 1 heterocycles. The number of nitrogens with zero attached hydrogens (tertiary/aromatic N) is 2. The standard InChI is InChI=1S/C11H10Cl2N2O4/c12-8-2-7(15(18)19)3-9(13)11(8)14-4-6(5-14)1-10(16)17/h2-3,6H,1,4-5H2,(H,16,17). The van der Waals surface area contributed by atoms with Crippen LogP contribution < -0.4 is 4.90 Å². The summed E-state index contributed by atoms with van der Waals surface area (Å²) in [6.07, 6.45) is 0.0960. The number of hydrogen-bond acceptors (Lipinski definition) is 4. The minimum absolute atomic E-state index is 0.0554. The summed E-state index contributed by atoms with van der Waals surface area (Å²) in [4.78, 5) is 22.5. The molecule has 19 heavy (non-hydrogen) atoms. The van der Waals surface area contributed by atoms with Gasteiger partial charge in [0.25, 0.3) is 5.69 Å². The number of benzene rings is 1. The molecule has 0 unspecified atom stereocenters. The average Bonchev–Trinajstić information content (AvgIpc) is 2.23. The van der Waals surface area contributed by atoms with Gasteiger partial charge in [0.1, 0.15) is 0 Å². The number of nitro groups is 1. The van der Waals surface area contributed by atoms with E-state index in [0.717, 1.165) is 0 Å². The van der Waals surface area contributed by atoms with Gasteiger partial charge in [-0.05, 0) is 0 Å². The molecule has 0 atom stereocenters. The van der Waals surface area contributed by atoms with Gasteiger partial charge in [0.05, 0.1) is 27.1 Å². The fourth-order valence-electron chi connectivity index (χ4n) is 2.09. The normalized spacial score (nSPS) is 15.2. The van der Waals surface area contributed by atoms with Crippen molar-refractivity contribution in [2.75, 3.05) is 18.0 Å². The van der Waals surface area contributed by atoms with Crippen LogP contribution in [0.2, 0.25) is 10.0 Å². The summed E-state index contributed by atoms with van der Waals surface area (Å²) < 4.78 is 0. The summed E-state index contributed by atoms with van der Waals surface area (Å²) in [7, 11) is 0. The van der Waals surface area contributed by atoms with Crippen molar-refractivity contribution in [2.45, 2.75) is 6.42 Å². The number of rotatable bonds is 4. The zero-order chi connectivity index (χ0) is 14.2. The zero-order valence-electron chi connectivity index (χ0n) is 9.68. The van der Waals surface area contributed by atoms with Crippen LogP contribution in [0.1, 0.15) is 6.42 Å². The molecule has 0 aromatic heterocycles. The molecule has 1 aliphatic heterocycles. The lowest BCUT2D eigenvalue weighted by Crippen LogP contribution is -2.47. The maximum Gasteiger partial charge on any atom is 0.303 e. The summed E-state index contributed by atoms with van der Waals surface area (Å²) in [5.74, 6) is -0.787. The Balaban J connectivity index is 2.15. The van der Waals surface area contributed by atoms with Crippen molar-refractivity contribution in [3.05, 3.63) is 32.3 Å². The fraction of sp³-hybridized carbons (Fsp3) is 0.364. The number of nitro benzene ring substituents is 1. The molecule has 1 aliphatic rings. The molecule has 8 heteroatoms. The molecule has 1 N–H and O–H groups in total. The van der Waals surface area contributed by atoms with Crippen molar-refractivity contribution < 1.29 is 14.8 Å². The van der Waals surface area contributed by atoms with E-state index in [0.29, 0.717) is 18.8 Å². The summed E-state index contributed by atoms with van der Waals surface area (Å²) in [5, 5.41) is 19.7. The van der Waals surface area contributed by atoms with Crippen LogP contribution in [0.3, 0.4) is 0 Å². The van der Waals surface area contributed by atoms with Crippen LogP contribution in [-0.4, -0.2) is 29.1 Å². The largest absolute Gasteiger partial charge is 0.481 e. The van der Waals surface area contributed by atoms with E-state index in [9.17, 15) is 14.9 Å². The maximum atomic E-state index is 10.7. The fourth-order valence-corrected chi connectivity index (χ4v) is 2.80.